The van der Waals surface area contributed by atoms with Gasteiger partial charge in [0.25, 0.3) is 0 Å². The molecule has 0 saturated carbocycles. The van der Waals surface area contributed by atoms with Gasteiger partial charge in [0.15, 0.2) is 6.29 Å². The number of aldehydes is 1. The second-order valence-corrected chi connectivity index (χ2v) is 6.11. The van der Waals surface area contributed by atoms with Crippen molar-refractivity contribution in [1.82, 2.24) is 9.88 Å². The Labute approximate surface area is 126 Å². The van der Waals surface area contributed by atoms with Gasteiger partial charge in [0.1, 0.15) is 6.54 Å². The second-order valence-electron chi connectivity index (χ2n) is 5.19. The molecular weight excluding hydrogens is 320 g/mol. The van der Waals surface area contributed by atoms with Gasteiger partial charge in [-0.3, -0.25) is 9.59 Å². The number of nitrogens with zero attached hydrogens (tertiary/aromatic N) is 1. The lowest BCUT2D eigenvalue weighted by Crippen LogP contribution is -2.30. The lowest BCUT2D eigenvalue weighted by molar-refractivity contribution is -0.121. The van der Waals surface area contributed by atoms with Gasteiger partial charge in [-0.15, -0.1) is 0 Å². The SMILES string of the molecule is CC(C)CNC(=O)Cn1cc(C=O)c2cc(Br)ccc21. The number of carbonyl (C=O) groups excluding carboxylic acids is 2. The number of amides is 1. The van der Waals surface area contributed by atoms with Crippen LogP contribution < -0.4 is 5.32 Å². The maximum absolute atomic E-state index is 11.9. The van der Waals surface area contributed by atoms with Crippen molar-refractivity contribution in [2.75, 3.05) is 6.54 Å². The molecule has 4 nitrogen and oxygen atoms in total. The summed E-state index contributed by atoms with van der Waals surface area (Å²) < 4.78 is 2.72. The Morgan fingerprint density at radius 3 is 2.85 bits per heavy atom. The minimum absolute atomic E-state index is 0.0454. The first-order chi connectivity index (χ1) is 9.51. The van der Waals surface area contributed by atoms with E-state index in [1.54, 1.807) is 10.8 Å². The van der Waals surface area contributed by atoms with Gasteiger partial charge < -0.3 is 9.88 Å². The summed E-state index contributed by atoms with van der Waals surface area (Å²) in [5.41, 5.74) is 1.48. The average molecular weight is 337 g/mol. The molecular formula is C15H17BrN2O2. The van der Waals surface area contributed by atoms with Crippen LogP contribution in [0, 0.1) is 5.92 Å². The van der Waals surface area contributed by atoms with Crippen molar-refractivity contribution < 1.29 is 9.59 Å². The average Bonchev–Trinajstić information content (AvgIpc) is 2.73. The quantitative estimate of drug-likeness (QED) is 0.853. The summed E-state index contributed by atoms with van der Waals surface area (Å²) in [5.74, 6) is 0.373. The summed E-state index contributed by atoms with van der Waals surface area (Å²) >= 11 is 3.39. The monoisotopic (exact) mass is 336 g/mol. The van der Waals surface area contributed by atoms with Crippen LogP contribution in [0.1, 0.15) is 24.2 Å². The van der Waals surface area contributed by atoms with Gasteiger partial charge in [0.05, 0.1) is 0 Å². The number of benzene rings is 1. The number of nitrogens with one attached hydrogen (secondary N) is 1. The van der Waals surface area contributed by atoms with E-state index in [1.165, 1.54) is 0 Å². The molecule has 0 aliphatic rings. The Bertz CT molecular complexity index is 647. The fourth-order valence-electron chi connectivity index (χ4n) is 2.05. The first kappa shape index (κ1) is 14.8. The largest absolute Gasteiger partial charge is 0.354 e. The van der Waals surface area contributed by atoms with E-state index in [1.807, 2.05) is 32.0 Å². The normalized spacial score (nSPS) is 11.0. The van der Waals surface area contributed by atoms with Crippen LogP contribution in [0.3, 0.4) is 0 Å². The standard InChI is InChI=1S/C15H17BrN2O2/c1-10(2)6-17-15(20)8-18-7-11(9-19)13-5-12(16)3-4-14(13)18/h3-5,7,9-10H,6,8H2,1-2H3,(H,17,20). The molecule has 106 valence electrons. The first-order valence-electron chi connectivity index (χ1n) is 6.51. The van der Waals surface area contributed by atoms with E-state index < -0.39 is 0 Å². The molecule has 0 saturated heterocycles. The summed E-state index contributed by atoms with van der Waals surface area (Å²) in [7, 11) is 0. The van der Waals surface area contributed by atoms with Crippen LogP contribution in [0.2, 0.25) is 0 Å². The molecule has 0 atom stereocenters. The molecule has 0 spiro atoms. The van der Waals surface area contributed by atoms with Crippen molar-refractivity contribution in [3.63, 3.8) is 0 Å². The zero-order valence-corrected chi connectivity index (χ0v) is 13.1. The maximum atomic E-state index is 11.9. The predicted molar refractivity (Wildman–Crippen MR) is 82.9 cm³/mol. The van der Waals surface area contributed by atoms with Crippen LogP contribution in [0.25, 0.3) is 10.9 Å². The smallest absolute Gasteiger partial charge is 0.239 e. The molecule has 0 radical (unpaired) electrons. The third-order valence-electron chi connectivity index (χ3n) is 3.02. The highest BCUT2D eigenvalue weighted by molar-refractivity contribution is 9.10. The Balaban J connectivity index is 2.26. The van der Waals surface area contributed by atoms with E-state index in [9.17, 15) is 9.59 Å². The lowest BCUT2D eigenvalue weighted by atomic mass is 10.2. The van der Waals surface area contributed by atoms with Crippen LogP contribution in [0.4, 0.5) is 0 Å². The van der Waals surface area contributed by atoms with Gasteiger partial charge in [-0.05, 0) is 24.1 Å². The van der Waals surface area contributed by atoms with Crippen molar-refractivity contribution in [2.45, 2.75) is 20.4 Å². The van der Waals surface area contributed by atoms with Gasteiger partial charge in [-0.1, -0.05) is 29.8 Å². The topological polar surface area (TPSA) is 51.1 Å². The molecule has 0 aliphatic carbocycles. The molecule has 2 aromatic rings. The van der Waals surface area contributed by atoms with Gasteiger partial charge >= 0.3 is 0 Å². The molecule has 5 heteroatoms. The van der Waals surface area contributed by atoms with Crippen LogP contribution >= 0.6 is 15.9 Å². The van der Waals surface area contributed by atoms with E-state index >= 15 is 0 Å². The fourth-order valence-corrected chi connectivity index (χ4v) is 2.41. The summed E-state index contributed by atoms with van der Waals surface area (Å²) in [5, 5.41) is 3.73. The molecule has 2 rings (SSSR count). The summed E-state index contributed by atoms with van der Waals surface area (Å²) in [6.45, 7) is 4.98. The Hall–Kier alpha value is -1.62. The predicted octanol–water partition coefficient (Wildman–Crippen LogP) is 2.99. The molecule has 1 aromatic heterocycles. The molecule has 0 aliphatic heterocycles. The second kappa shape index (κ2) is 6.22. The third kappa shape index (κ3) is 3.28. The molecule has 0 unspecified atom stereocenters. The lowest BCUT2D eigenvalue weighted by Gasteiger charge is -2.09. The van der Waals surface area contributed by atoms with Crippen molar-refractivity contribution in [2.24, 2.45) is 5.92 Å². The molecule has 1 amide bonds. The highest BCUT2D eigenvalue weighted by Crippen LogP contribution is 2.24. The number of fused-ring (bicyclic) bond motifs is 1. The first-order valence-corrected chi connectivity index (χ1v) is 7.31. The Morgan fingerprint density at radius 2 is 2.20 bits per heavy atom. The minimum Gasteiger partial charge on any atom is -0.354 e. The number of hydrogen-bond donors (Lipinski definition) is 1. The molecule has 20 heavy (non-hydrogen) atoms. The van der Waals surface area contributed by atoms with E-state index in [4.69, 9.17) is 0 Å². The Kier molecular flexibility index (Phi) is 4.60. The van der Waals surface area contributed by atoms with Crippen molar-refractivity contribution in [3.05, 3.63) is 34.4 Å². The van der Waals surface area contributed by atoms with Gasteiger partial charge in [0.2, 0.25) is 5.91 Å². The molecule has 1 heterocycles. The molecule has 1 N–H and O–H groups in total. The number of carbonyl (C=O) groups is 2. The number of aromatic nitrogens is 1. The van der Waals surface area contributed by atoms with E-state index in [-0.39, 0.29) is 12.5 Å². The molecule has 0 fully saturated rings. The van der Waals surface area contributed by atoms with E-state index in [0.29, 0.717) is 18.0 Å². The van der Waals surface area contributed by atoms with Gasteiger partial charge in [-0.25, -0.2) is 0 Å². The van der Waals surface area contributed by atoms with Crippen LogP contribution in [-0.4, -0.2) is 23.3 Å². The highest BCUT2D eigenvalue weighted by Gasteiger charge is 2.11. The van der Waals surface area contributed by atoms with Crippen molar-refractivity contribution in [3.8, 4) is 0 Å². The Morgan fingerprint density at radius 1 is 1.45 bits per heavy atom. The van der Waals surface area contributed by atoms with E-state index in [0.717, 1.165) is 21.7 Å². The zero-order valence-electron chi connectivity index (χ0n) is 11.5. The summed E-state index contributed by atoms with van der Waals surface area (Å²) in [4.78, 5) is 23.0. The van der Waals surface area contributed by atoms with Crippen LogP contribution in [-0.2, 0) is 11.3 Å². The van der Waals surface area contributed by atoms with Crippen molar-refractivity contribution in [1.29, 1.82) is 0 Å². The van der Waals surface area contributed by atoms with Gasteiger partial charge in [0, 0.05) is 33.7 Å². The zero-order chi connectivity index (χ0) is 14.7. The number of halogens is 1. The van der Waals surface area contributed by atoms with E-state index in [2.05, 4.69) is 21.2 Å². The summed E-state index contributed by atoms with van der Waals surface area (Å²) in [6.07, 6.45) is 2.54. The molecule has 1 aromatic carbocycles. The molecule has 0 bridgehead atoms. The fraction of sp³-hybridized carbons (Fsp3) is 0.333. The van der Waals surface area contributed by atoms with Crippen molar-refractivity contribution >= 4 is 39.0 Å². The van der Waals surface area contributed by atoms with Crippen LogP contribution in [0.5, 0.6) is 0 Å². The maximum Gasteiger partial charge on any atom is 0.239 e. The minimum atomic E-state index is -0.0454. The highest BCUT2D eigenvalue weighted by atomic mass is 79.9. The van der Waals surface area contributed by atoms with Gasteiger partial charge in [-0.2, -0.15) is 0 Å². The van der Waals surface area contributed by atoms with Crippen LogP contribution in [0.15, 0.2) is 28.9 Å². The summed E-state index contributed by atoms with van der Waals surface area (Å²) in [6, 6.07) is 5.70. The number of hydrogen-bond acceptors (Lipinski definition) is 2. The number of rotatable bonds is 5. The third-order valence-corrected chi connectivity index (χ3v) is 3.52.